The highest BCUT2D eigenvalue weighted by molar-refractivity contribution is 5.97. The van der Waals surface area contributed by atoms with Gasteiger partial charge in [0.25, 0.3) is 5.91 Å². The van der Waals surface area contributed by atoms with E-state index in [2.05, 4.69) is 20.1 Å². The Bertz CT molecular complexity index is 1230. The van der Waals surface area contributed by atoms with Gasteiger partial charge in [0.05, 0.1) is 12.8 Å². The Balaban J connectivity index is 0.00000210. The van der Waals surface area contributed by atoms with E-state index >= 15 is 0 Å². The Morgan fingerprint density at radius 3 is 2.51 bits per heavy atom. The van der Waals surface area contributed by atoms with Crippen LogP contribution in [0.15, 0.2) is 42.6 Å². The molecule has 0 saturated carbocycles. The Morgan fingerprint density at radius 2 is 1.89 bits per heavy atom. The number of alkyl halides is 3. The molecule has 0 bridgehead atoms. The van der Waals surface area contributed by atoms with Gasteiger partial charge in [-0.3, -0.25) is 10.2 Å². The molecule has 2 N–H and O–H groups in total. The number of hydrogen-bond donors (Lipinski definition) is 2. The zero-order valence-electron chi connectivity index (χ0n) is 19.5. The lowest BCUT2D eigenvalue weighted by Crippen LogP contribution is -2.25. The van der Waals surface area contributed by atoms with Crippen molar-refractivity contribution in [3.05, 3.63) is 65.0 Å². The van der Waals surface area contributed by atoms with Crippen LogP contribution in [-0.2, 0) is 13.1 Å². The number of carbonyl (C=O) groups excluding carboxylic acids is 1. The molecule has 12 heteroatoms. The number of methoxy groups -OCH3 is 1. The third kappa shape index (κ3) is 7.26. The first kappa shape index (κ1) is 27.3. The van der Waals surface area contributed by atoms with Crippen molar-refractivity contribution < 1.29 is 31.8 Å². The molecule has 0 spiro atoms. The van der Waals surface area contributed by atoms with Crippen LogP contribution in [0.4, 0.5) is 17.6 Å². The summed E-state index contributed by atoms with van der Waals surface area (Å²) in [5.74, 6) is -2.12. The second-order valence-corrected chi connectivity index (χ2v) is 6.68. The number of halogens is 4. The van der Waals surface area contributed by atoms with Crippen LogP contribution in [0, 0.1) is 11.2 Å². The number of carbonyl (C=O) groups is 1. The highest BCUT2D eigenvalue weighted by Crippen LogP contribution is 2.25. The lowest BCUT2D eigenvalue weighted by molar-refractivity contribution is -0.274. The Kier molecular flexibility index (Phi) is 9.32. The normalized spacial score (nSPS) is 10.7. The first-order chi connectivity index (χ1) is 16.6. The van der Waals surface area contributed by atoms with E-state index in [9.17, 15) is 22.4 Å². The van der Waals surface area contributed by atoms with E-state index in [1.807, 2.05) is 20.8 Å². The fourth-order valence-corrected chi connectivity index (χ4v) is 2.93. The average molecular weight is 495 g/mol. The molecule has 0 unspecified atom stereocenters. The van der Waals surface area contributed by atoms with E-state index in [-0.39, 0.29) is 22.5 Å². The number of ether oxygens (including phenoxy) is 2. The van der Waals surface area contributed by atoms with Crippen molar-refractivity contribution >= 4 is 5.91 Å². The molecular formula is C23H25F4N5O3. The first-order valence-corrected chi connectivity index (χ1v) is 10.6. The summed E-state index contributed by atoms with van der Waals surface area (Å²) in [5.41, 5.74) is 0.942. The molecule has 0 aliphatic heterocycles. The predicted octanol–water partition coefficient (Wildman–Crippen LogP) is 4.45. The summed E-state index contributed by atoms with van der Waals surface area (Å²) < 4.78 is 61.7. The van der Waals surface area contributed by atoms with Crippen LogP contribution >= 0.6 is 0 Å². The number of aromatic nitrogens is 3. The largest absolute Gasteiger partial charge is 0.573 e. The summed E-state index contributed by atoms with van der Waals surface area (Å²) in [5, 5.41) is 14.6. The van der Waals surface area contributed by atoms with Crippen molar-refractivity contribution in [1.29, 1.82) is 5.41 Å². The molecule has 0 aliphatic carbocycles. The molecule has 3 rings (SSSR count). The number of rotatable bonds is 7. The summed E-state index contributed by atoms with van der Waals surface area (Å²) in [6.45, 7) is 5.88. The molecule has 2 heterocycles. The van der Waals surface area contributed by atoms with Gasteiger partial charge in [0.1, 0.15) is 22.6 Å². The van der Waals surface area contributed by atoms with Gasteiger partial charge in [-0.1, -0.05) is 13.8 Å². The number of nitrogens with zero attached hydrogens (tertiary/aromatic N) is 3. The quantitative estimate of drug-likeness (QED) is 0.472. The van der Waals surface area contributed by atoms with E-state index in [4.69, 9.17) is 10.1 Å². The van der Waals surface area contributed by atoms with E-state index < -0.39 is 30.4 Å². The lowest BCUT2D eigenvalue weighted by Gasteiger charge is -2.13. The van der Waals surface area contributed by atoms with Gasteiger partial charge in [-0.15, -0.1) is 13.2 Å². The summed E-state index contributed by atoms with van der Waals surface area (Å²) in [6.07, 6.45) is -3.49. The molecule has 0 saturated heterocycles. The molecule has 3 aromatic rings. The van der Waals surface area contributed by atoms with Gasteiger partial charge < -0.3 is 14.8 Å². The van der Waals surface area contributed by atoms with Gasteiger partial charge in [-0.25, -0.2) is 14.1 Å². The van der Waals surface area contributed by atoms with Crippen molar-refractivity contribution in [1.82, 2.24) is 20.1 Å². The maximum absolute atomic E-state index is 14.0. The van der Waals surface area contributed by atoms with Crippen LogP contribution in [0.1, 0.15) is 36.7 Å². The topological polar surface area (TPSA) is 102 Å². The molecule has 0 atom stereocenters. The number of nitrogens with one attached hydrogen (secondary N) is 2. The van der Waals surface area contributed by atoms with Crippen LogP contribution in [0.25, 0.3) is 11.3 Å². The molecule has 35 heavy (non-hydrogen) atoms. The third-order valence-electron chi connectivity index (χ3n) is 4.48. The standard InChI is InChI=1S/C21H19F4N5O3.C2H6/c1-3-30-18(26)7-6-17(29-30)13-9-15(20(32-2)28-11-13)19(31)27-10-12-8-14(4-5-16(12)22)33-21(23,24)25;1-2/h4-9,11,26H,3,10H2,1-2H3,(H,27,31);1-2H3. The van der Waals surface area contributed by atoms with Crippen molar-refractivity contribution in [2.24, 2.45) is 0 Å². The summed E-state index contributed by atoms with van der Waals surface area (Å²) in [4.78, 5) is 16.9. The monoisotopic (exact) mass is 495 g/mol. The molecule has 1 aromatic carbocycles. The van der Waals surface area contributed by atoms with Crippen molar-refractivity contribution in [2.45, 2.75) is 40.2 Å². The smallest absolute Gasteiger partial charge is 0.480 e. The third-order valence-corrected chi connectivity index (χ3v) is 4.48. The SMILES string of the molecule is CC.CCn1nc(-c2cnc(OC)c(C(=O)NCc3cc(OC(F)(F)F)ccc3F)c2)ccc1=N. The maximum Gasteiger partial charge on any atom is 0.573 e. The second-order valence-electron chi connectivity index (χ2n) is 6.68. The number of amides is 1. The van der Waals surface area contributed by atoms with Crippen molar-refractivity contribution in [2.75, 3.05) is 7.11 Å². The fraction of sp³-hybridized carbons (Fsp3) is 0.304. The zero-order chi connectivity index (χ0) is 26.2. The van der Waals surface area contributed by atoms with Crippen LogP contribution in [0.3, 0.4) is 0 Å². The molecule has 8 nitrogen and oxygen atoms in total. The van der Waals surface area contributed by atoms with Crippen molar-refractivity contribution in [3.63, 3.8) is 0 Å². The minimum atomic E-state index is -4.93. The molecular weight excluding hydrogens is 470 g/mol. The Hall–Kier alpha value is -3.96. The minimum Gasteiger partial charge on any atom is -0.480 e. The lowest BCUT2D eigenvalue weighted by atomic mass is 10.1. The fourth-order valence-electron chi connectivity index (χ4n) is 2.93. The highest BCUT2D eigenvalue weighted by Gasteiger charge is 2.31. The number of pyridine rings is 1. The van der Waals surface area contributed by atoms with E-state index in [0.29, 0.717) is 17.8 Å². The summed E-state index contributed by atoms with van der Waals surface area (Å²) >= 11 is 0. The molecule has 2 aromatic heterocycles. The molecule has 0 aliphatic rings. The number of aryl methyl sites for hydroxylation is 1. The van der Waals surface area contributed by atoms with Gasteiger partial charge in [-0.2, -0.15) is 5.10 Å². The van der Waals surface area contributed by atoms with Crippen LogP contribution in [-0.4, -0.2) is 34.1 Å². The van der Waals surface area contributed by atoms with Crippen LogP contribution in [0.5, 0.6) is 11.6 Å². The number of benzene rings is 1. The molecule has 1 amide bonds. The van der Waals surface area contributed by atoms with E-state index in [1.54, 1.807) is 12.1 Å². The van der Waals surface area contributed by atoms with Gasteiger partial charge >= 0.3 is 6.36 Å². The van der Waals surface area contributed by atoms with E-state index in [0.717, 1.165) is 18.2 Å². The van der Waals surface area contributed by atoms with Gasteiger partial charge in [0.2, 0.25) is 5.88 Å². The summed E-state index contributed by atoms with van der Waals surface area (Å²) in [7, 11) is 1.31. The Labute approximate surface area is 199 Å². The van der Waals surface area contributed by atoms with Gasteiger partial charge in [0.15, 0.2) is 0 Å². The average Bonchev–Trinajstić information content (AvgIpc) is 2.84. The zero-order valence-corrected chi connectivity index (χ0v) is 19.5. The van der Waals surface area contributed by atoms with Crippen LogP contribution < -0.4 is 20.3 Å². The number of hydrogen-bond acceptors (Lipinski definition) is 6. The van der Waals surface area contributed by atoms with Crippen molar-refractivity contribution in [3.8, 4) is 22.9 Å². The minimum absolute atomic E-state index is 0.00800. The first-order valence-electron chi connectivity index (χ1n) is 10.6. The molecule has 0 fully saturated rings. The second kappa shape index (κ2) is 12.0. The Morgan fingerprint density at radius 1 is 1.17 bits per heavy atom. The van der Waals surface area contributed by atoms with E-state index in [1.165, 1.54) is 24.1 Å². The maximum atomic E-state index is 14.0. The van der Waals surface area contributed by atoms with Gasteiger partial charge in [0, 0.05) is 30.4 Å². The summed E-state index contributed by atoms with van der Waals surface area (Å²) in [6, 6.07) is 7.12. The molecule has 188 valence electrons. The predicted molar refractivity (Wildman–Crippen MR) is 119 cm³/mol. The highest BCUT2D eigenvalue weighted by atomic mass is 19.4. The van der Waals surface area contributed by atoms with Crippen LogP contribution in [0.2, 0.25) is 0 Å². The molecule has 0 radical (unpaired) electrons. The van der Waals surface area contributed by atoms with Gasteiger partial charge in [-0.05, 0) is 43.3 Å².